The van der Waals surface area contributed by atoms with E-state index in [2.05, 4.69) is 5.32 Å². The lowest BCUT2D eigenvalue weighted by Gasteiger charge is -2.13. The lowest BCUT2D eigenvalue weighted by Crippen LogP contribution is -2.30. The molecule has 0 aliphatic heterocycles. The van der Waals surface area contributed by atoms with Crippen molar-refractivity contribution in [3.05, 3.63) is 46.8 Å². The van der Waals surface area contributed by atoms with Crippen LogP contribution in [-0.4, -0.2) is 29.0 Å². The van der Waals surface area contributed by atoms with E-state index in [9.17, 15) is 19.5 Å². The van der Waals surface area contributed by atoms with Gasteiger partial charge in [-0.2, -0.15) is 0 Å². The van der Waals surface area contributed by atoms with Gasteiger partial charge in [-0.25, -0.2) is 4.79 Å². The van der Waals surface area contributed by atoms with Gasteiger partial charge < -0.3 is 20.9 Å². The van der Waals surface area contributed by atoms with Gasteiger partial charge in [0.15, 0.2) is 6.10 Å². The highest BCUT2D eigenvalue weighted by atomic mass is 32.1. The van der Waals surface area contributed by atoms with Crippen LogP contribution in [0.3, 0.4) is 0 Å². The summed E-state index contributed by atoms with van der Waals surface area (Å²) in [5.74, 6) is -1.92. The molecular formula is C15H14N2O5S. The zero-order valence-corrected chi connectivity index (χ0v) is 12.9. The maximum absolute atomic E-state index is 12.0. The minimum Gasteiger partial charge on any atom is -0.508 e. The van der Waals surface area contributed by atoms with Crippen molar-refractivity contribution in [3.63, 3.8) is 0 Å². The molecule has 7 nitrogen and oxygen atoms in total. The Bertz CT molecular complexity index is 739. The third-order valence-corrected chi connectivity index (χ3v) is 3.75. The molecule has 120 valence electrons. The Hall–Kier alpha value is -2.87. The van der Waals surface area contributed by atoms with E-state index in [0.717, 1.165) is 11.3 Å². The van der Waals surface area contributed by atoms with Crippen LogP contribution in [0, 0.1) is 0 Å². The van der Waals surface area contributed by atoms with Gasteiger partial charge >= 0.3 is 5.97 Å². The largest absolute Gasteiger partial charge is 0.508 e. The standard InChI is InChI=1S/C15H14N2O5S/c1-8(22-15(21)9-2-4-10(18)5-3-9)13(20)17-14-11(12(16)19)6-7-23-14/h2-8,18H,1H3,(H2,16,19)(H,17,20)/t8-/m1/s1. The molecule has 0 spiro atoms. The Balaban J connectivity index is 1.99. The lowest BCUT2D eigenvalue weighted by molar-refractivity contribution is -0.123. The van der Waals surface area contributed by atoms with Crippen LogP contribution >= 0.6 is 11.3 Å². The highest BCUT2D eigenvalue weighted by Crippen LogP contribution is 2.23. The number of carbonyl (C=O) groups excluding carboxylic acids is 3. The molecule has 4 N–H and O–H groups in total. The van der Waals surface area contributed by atoms with Crippen molar-refractivity contribution in [1.29, 1.82) is 0 Å². The average molecular weight is 334 g/mol. The van der Waals surface area contributed by atoms with Gasteiger partial charge in [0.1, 0.15) is 10.8 Å². The number of primary amides is 1. The zero-order chi connectivity index (χ0) is 17.0. The van der Waals surface area contributed by atoms with Crippen LogP contribution < -0.4 is 11.1 Å². The number of nitrogens with one attached hydrogen (secondary N) is 1. The molecule has 1 atom stereocenters. The van der Waals surface area contributed by atoms with Gasteiger partial charge in [0, 0.05) is 0 Å². The number of phenolic OH excluding ortho intramolecular Hbond substituents is 1. The van der Waals surface area contributed by atoms with Crippen LogP contribution in [0.25, 0.3) is 0 Å². The average Bonchev–Trinajstić information content (AvgIpc) is 2.96. The highest BCUT2D eigenvalue weighted by molar-refractivity contribution is 7.14. The summed E-state index contributed by atoms with van der Waals surface area (Å²) >= 11 is 1.14. The summed E-state index contributed by atoms with van der Waals surface area (Å²) < 4.78 is 5.04. The normalized spacial score (nSPS) is 11.5. The number of carbonyl (C=O) groups is 3. The monoisotopic (exact) mass is 334 g/mol. The zero-order valence-electron chi connectivity index (χ0n) is 12.1. The molecular weight excluding hydrogens is 320 g/mol. The quantitative estimate of drug-likeness (QED) is 0.720. The number of aromatic hydroxyl groups is 1. The number of benzene rings is 1. The molecule has 0 saturated heterocycles. The van der Waals surface area contributed by atoms with E-state index in [1.54, 1.807) is 5.38 Å². The highest BCUT2D eigenvalue weighted by Gasteiger charge is 2.21. The molecule has 0 bridgehead atoms. The van der Waals surface area contributed by atoms with E-state index in [1.807, 2.05) is 0 Å². The summed E-state index contributed by atoms with van der Waals surface area (Å²) in [4.78, 5) is 35.1. The van der Waals surface area contributed by atoms with Crippen molar-refractivity contribution in [3.8, 4) is 5.75 Å². The van der Waals surface area contributed by atoms with Crippen LogP contribution in [0.1, 0.15) is 27.6 Å². The Kier molecular flexibility index (Phi) is 4.97. The smallest absolute Gasteiger partial charge is 0.338 e. The third kappa shape index (κ3) is 4.07. The van der Waals surface area contributed by atoms with Crippen LogP contribution in [0.2, 0.25) is 0 Å². The number of hydrogen-bond acceptors (Lipinski definition) is 6. The molecule has 2 amide bonds. The molecule has 0 radical (unpaired) electrons. The molecule has 1 aromatic heterocycles. The first-order chi connectivity index (χ1) is 10.9. The maximum Gasteiger partial charge on any atom is 0.338 e. The number of rotatable bonds is 5. The lowest BCUT2D eigenvalue weighted by atomic mass is 10.2. The fraction of sp³-hybridized carbons (Fsp3) is 0.133. The summed E-state index contributed by atoms with van der Waals surface area (Å²) in [6.07, 6.45) is -1.07. The second-order valence-electron chi connectivity index (χ2n) is 4.61. The molecule has 0 saturated carbocycles. The topological polar surface area (TPSA) is 119 Å². The van der Waals surface area contributed by atoms with Gasteiger partial charge in [-0.3, -0.25) is 9.59 Å². The van der Waals surface area contributed by atoms with E-state index >= 15 is 0 Å². The molecule has 0 aliphatic rings. The second-order valence-corrected chi connectivity index (χ2v) is 5.53. The van der Waals surface area contributed by atoms with E-state index < -0.39 is 23.9 Å². The minimum atomic E-state index is -1.07. The summed E-state index contributed by atoms with van der Waals surface area (Å²) in [7, 11) is 0. The third-order valence-electron chi connectivity index (χ3n) is 2.92. The maximum atomic E-state index is 12.0. The van der Waals surface area contributed by atoms with E-state index in [0.29, 0.717) is 5.00 Å². The summed E-state index contributed by atoms with van der Waals surface area (Å²) in [5.41, 5.74) is 5.59. The number of esters is 1. The van der Waals surface area contributed by atoms with Gasteiger partial charge in [0.25, 0.3) is 11.8 Å². The van der Waals surface area contributed by atoms with Crippen LogP contribution in [-0.2, 0) is 9.53 Å². The van der Waals surface area contributed by atoms with Crippen molar-refractivity contribution in [1.82, 2.24) is 0 Å². The van der Waals surface area contributed by atoms with Gasteiger partial charge in [0.05, 0.1) is 11.1 Å². The summed E-state index contributed by atoms with van der Waals surface area (Å²) in [6.45, 7) is 1.41. The van der Waals surface area contributed by atoms with E-state index in [-0.39, 0.29) is 16.9 Å². The Morgan fingerprint density at radius 1 is 1.22 bits per heavy atom. The first kappa shape index (κ1) is 16.5. The van der Waals surface area contributed by atoms with Crippen LogP contribution in [0.4, 0.5) is 5.00 Å². The van der Waals surface area contributed by atoms with Crippen molar-refractivity contribution in [2.45, 2.75) is 13.0 Å². The van der Waals surface area contributed by atoms with E-state index in [4.69, 9.17) is 10.5 Å². The van der Waals surface area contributed by atoms with Crippen molar-refractivity contribution >= 4 is 34.1 Å². The van der Waals surface area contributed by atoms with Gasteiger partial charge in [-0.1, -0.05) is 0 Å². The molecule has 1 aromatic carbocycles. The fourth-order valence-electron chi connectivity index (χ4n) is 1.69. The molecule has 2 rings (SSSR count). The molecule has 0 aliphatic carbocycles. The molecule has 0 unspecified atom stereocenters. The number of nitrogens with two attached hydrogens (primary N) is 1. The van der Waals surface area contributed by atoms with Crippen LogP contribution in [0.5, 0.6) is 5.75 Å². The molecule has 0 fully saturated rings. The van der Waals surface area contributed by atoms with Crippen molar-refractivity contribution in [2.24, 2.45) is 5.73 Å². The number of hydrogen-bond donors (Lipinski definition) is 3. The fourth-order valence-corrected chi connectivity index (χ4v) is 2.49. The first-order valence-electron chi connectivity index (χ1n) is 6.56. The summed E-state index contributed by atoms with van der Waals surface area (Å²) in [5, 5.41) is 13.6. The first-order valence-corrected chi connectivity index (χ1v) is 7.44. The van der Waals surface area contributed by atoms with Gasteiger partial charge in [0.2, 0.25) is 0 Å². The minimum absolute atomic E-state index is 0.0176. The van der Waals surface area contributed by atoms with Crippen molar-refractivity contribution in [2.75, 3.05) is 5.32 Å². The predicted molar refractivity (Wildman–Crippen MR) is 84.5 cm³/mol. The number of ether oxygens (including phenoxy) is 1. The predicted octanol–water partition coefficient (Wildman–Crippen LogP) is 1.74. The second kappa shape index (κ2) is 6.93. The molecule has 1 heterocycles. The van der Waals surface area contributed by atoms with Gasteiger partial charge in [-0.05, 0) is 42.6 Å². The van der Waals surface area contributed by atoms with Crippen molar-refractivity contribution < 1.29 is 24.2 Å². The number of phenols is 1. The SMILES string of the molecule is C[C@@H](OC(=O)c1ccc(O)cc1)C(=O)Nc1sccc1C(N)=O. The van der Waals surface area contributed by atoms with E-state index in [1.165, 1.54) is 37.3 Å². The number of anilines is 1. The number of amides is 2. The Morgan fingerprint density at radius 2 is 1.87 bits per heavy atom. The molecule has 8 heteroatoms. The van der Waals surface area contributed by atoms with Gasteiger partial charge in [-0.15, -0.1) is 11.3 Å². The molecule has 23 heavy (non-hydrogen) atoms. The summed E-state index contributed by atoms with van der Waals surface area (Å²) in [6, 6.07) is 6.94. The molecule has 2 aromatic rings. The number of thiophene rings is 1. The Morgan fingerprint density at radius 3 is 2.48 bits per heavy atom. The Labute approximate surface area is 135 Å². The van der Waals surface area contributed by atoms with Crippen LogP contribution in [0.15, 0.2) is 35.7 Å².